The number of hydrogen-bond acceptors (Lipinski definition) is 1. The number of benzene rings is 1. The first-order chi connectivity index (χ1) is 7.79. The van der Waals surface area contributed by atoms with Gasteiger partial charge in [0.25, 0.3) is 0 Å². The summed E-state index contributed by atoms with van der Waals surface area (Å²) in [6.45, 7) is 0.867. The Morgan fingerprint density at radius 2 is 1.94 bits per heavy atom. The lowest BCUT2D eigenvalue weighted by molar-refractivity contribution is -0.118. The minimum Gasteiger partial charge on any atom is -0.312 e. The Bertz CT molecular complexity index is 455. The van der Waals surface area contributed by atoms with Crippen LogP contribution in [0, 0.1) is 0 Å². The molecular weight excluding hydrogens is 222 g/mol. The highest BCUT2D eigenvalue weighted by Gasteiger charge is 2.31. The molecule has 0 bridgehead atoms. The molecule has 2 aliphatic rings. The van der Waals surface area contributed by atoms with Crippen molar-refractivity contribution in [2.75, 3.05) is 17.3 Å². The lowest BCUT2D eigenvalue weighted by Gasteiger charge is -2.25. The van der Waals surface area contributed by atoms with E-state index in [0.29, 0.717) is 12.3 Å². The fourth-order valence-corrected chi connectivity index (χ4v) is 3.00. The van der Waals surface area contributed by atoms with Crippen molar-refractivity contribution in [3.05, 3.63) is 28.8 Å². The van der Waals surface area contributed by atoms with Gasteiger partial charge in [-0.2, -0.15) is 0 Å². The van der Waals surface area contributed by atoms with Gasteiger partial charge in [-0.05, 0) is 36.0 Å². The minimum atomic E-state index is 0.288. The maximum absolute atomic E-state index is 11.7. The molecule has 3 rings (SSSR count). The maximum atomic E-state index is 11.7. The van der Waals surface area contributed by atoms with Gasteiger partial charge in [0.15, 0.2) is 0 Å². The molecule has 2 nitrogen and oxygen atoms in total. The average molecular weight is 236 g/mol. The van der Waals surface area contributed by atoms with E-state index in [1.165, 1.54) is 22.4 Å². The van der Waals surface area contributed by atoms with Crippen LogP contribution in [0.3, 0.4) is 0 Å². The molecule has 0 atom stereocenters. The van der Waals surface area contributed by atoms with Crippen LogP contribution >= 0.6 is 11.6 Å². The van der Waals surface area contributed by atoms with Gasteiger partial charge < -0.3 is 4.90 Å². The Morgan fingerprint density at radius 1 is 1.19 bits per heavy atom. The highest BCUT2D eigenvalue weighted by molar-refractivity contribution is 6.18. The number of halogens is 1. The monoisotopic (exact) mass is 235 g/mol. The van der Waals surface area contributed by atoms with E-state index in [2.05, 4.69) is 12.1 Å². The fraction of sp³-hybridized carbons (Fsp3) is 0.462. The Hall–Kier alpha value is -1.02. The first-order valence-electron chi connectivity index (χ1n) is 5.80. The summed E-state index contributed by atoms with van der Waals surface area (Å²) in [5.74, 6) is 0.956. The minimum absolute atomic E-state index is 0.288. The van der Waals surface area contributed by atoms with Crippen molar-refractivity contribution in [2.45, 2.75) is 25.7 Å². The maximum Gasteiger partial charge on any atom is 0.227 e. The number of aryl methyl sites for hydroxylation is 2. The summed E-state index contributed by atoms with van der Waals surface area (Å²) >= 11 is 5.78. The largest absolute Gasteiger partial charge is 0.312 e. The van der Waals surface area contributed by atoms with E-state index in [9.17, 15) is 4.79 Å². The number of rotatable bonds is 2. The van der Waals surface area contributed by atoms with E-state index in [4.69, 9.17) is 11.6 Å². The third-order valence-electron chi connectivity index (χ3n) is 3.49. The second kappa shape index (κ2) is 3.77. The molecule has 0 saturated heterocycles. The zero-order chi connectivity index (χ0) is 11.1. The first kappa shape index (κ1) is 10.2. The number of amides is 1. The molecule has 84 valence electrons. The second-order valence-electron chi connectivity index (χ2n) is 4.50. The van der Waals surface area contributed by atoms with Crippen molar-refractivity contribution in [3.63, 3.8) is 0 Å². The summed E-state index contributed by atoms with van der Waals surface area (Å²) in [7, 11) is 0. The first-order valence-corrected chi connectivity index (χ1v) is 6.34. The molecule has 0 aliphatic carbocycles. The summed E-state index contributed by atoms with van der Waals surface area (Å²) in [6.07, 6.45) is 3.49. The van der Waals surface area contributed by atoms with E-state index in [-0.39, 0.29) is 5.91 Å². The molecule has 0 fully saturated rings. The van der Waals surface area contributed by atoms with Crippen LogP contribution in [0.2, 0.25) is 0 Å². The number of carbonyl (C=O) groups excluding carboxylic acids is 1. The van der Waals surface area contributed by atoms with Gasteiger partial charge in [0, 0.05) is 18.8 Å². The van der Waals surface area contributed by atoms with E-state index in [0.717, 1.165) is 25.8 Å². The number of alkyl halides is 1. The molecule has 2 aliphatic heterocycles. The van der Waals surface area contributed by atoms with Gasteiger partial charge in [0.2, 0.25) is 5.91 Å². The molecule has 1 aromatic rings. The molecule has 0 radical (unpaired) electrons. The van der Waals surface area contributed by atoms with Crippen molar-refractivity contribution >= 4 is 23.2 Å². The Kier molecular flexibility index (Phi) is 2.40. The van der Waals surface area contributed by atoms with Crippen LogP contribution in [-0.4, -0.2) is 18.3 Å². The van der Waals surface area contributed by atoms with Crippen LogP contribution in [0.1, 0.15) is 23.1 Å². The zero-order valence-corrected chi connectivity index (χ0v) is 9.89. The van der Waals surface area contributed by atoms with Gasteiger partial charge in [-0.25, -0.2) is 0 Å². The van der Waals surface area contributed by atoms with Gasteiger partial charge in [-0.1, -0.05) is 12.1 Å². The van der Waals surface area contributed by atoms with Gasteiger partial charge in [0.1, 0.15) is 0 Å². The van der Waals surface area contributed by atoms with E-state index in [1.807, 2.05) is 4.90 Å². The van der Waals surface area contributed by atoms with Gasteiger partial charge >= 0.3 is 0 Å². The lowest BCUT2D eigenvalue weighted by Crippen LogP contribution is -2.32. The Labute approximate surface area is 100 Å². The highest BCUT2D eigenvalue weighted by Crippen LogP contribution is 2.37. The number of nitrogens with zero attached hydrogens (tertiary/aromatic N) is 1. The van der Waals surface area contributed by atoms with E-state index in [1.54, 1.807) is 0 Å². The standard InChI is InChI=1S/C13H14ClNO/c14-5-3-9-7-10-1-2-12(16)15-6-4-11(8-9)13(10)15/h7-8H,1-6H2. The topological polar surface area (TPSA) is 20.3 Å². The summed E-state index contributed by atoms with van der Waals surface area (Å²) in [4.78, 5) is 13.7. The van der Waals surface area contributed by atoms with E-state index >= 15 is 0 Å². The normalized spacial score (nSPS) is 17.8. The van der Waals surface area contributed by atoms with Crippen LogP contribution in [0.15, 0.2) is 12.1 Å². The molecule has 2 heterocycles. The van der Waals surface area contributed by atoms with Crippen LogP contribution < -0.4 is 4.90 Å². The summed E-state index contributed by atoms with van der Waals surface area (Å²) in [5, 5.41) is 0. The Morgan fingerprint density at radius 3 is 2.69 bits per heavy atom. The van der Waals surface area contributed by atoms with Crippen molar-refractivity contribution in [2.24, 2.45) is 0 Å². The molecule has 0 aromatic heterocycles. The molecule has 1 aromatic carbocycles. The van der Waals surface area contributed by atoms with Crippen LogP contribution in [-0.2, 0) is 24.1 Å². The SMILES string of the molecule is O=C1CCc2cc(CCCl)cc3c2N1CC3. The van der Waals surface area contributed by atoms with Crippen molar-refractivity contribution in [1.82, 2.24) is 0 Å². The number of anilines is 1. The average Bonchev–Trinajstić information content (AvgIpc) is 2.69. The fourth-order valence-electron chi connectivity index (χ4n) is 2.78. The zero-order valence-electron chi connectivity index (χ0n) is 9.13. The predicted octanol–water partition coefficient (Wildman–Crippen LogP) is 2.30. The molecule has 3 heteroatoms. The van der Waals surface area contributed by atoms with Crippen LogP contribution in [0.25, 0.3) is 0 Å². The molecule has 16 heavy (non-hydrogen) atoms. The highest BCUT2D eigenvalue weighted by atomic mass is 35.5. The summed E-state index contributed by atoms with van der Waals surface area (Å²) in [5.41, 5.74) is 5.20. The smallest absolute Gasteiger partial charge is 0.227 e. The predicted molar refractivity (Wildman–Crippen MR) is 65.2 cm³/mol. The van der Waals surface area contributed by atoms with Crippen molar-refractivity contribution in [1.29, 1.82) is 0 Å². The quantitative estimate of drug-likeness (QED) is 0.721. The number of carbonyl (C=O) groups is 1. The Balaban J connectivity index is 2.09. The van der Waals surface area contributed by atoms with Crippen molar-refractivity contribution < 1.29 is 4.79 Å². The van der Waals surface area contributed by atoms with Gasteiger partial charge in [-0.15, -0.1) is 11.6 Å². The summed E-state index contributed by atoms with van der Waals surface area (Å²) < 4.78 is 0. The number of hydrogen-bond donors (Lipinski definition) is 0. The van der Waals surface area contributed by atoms with Crippen LogP contribution in [0.4, 0.5) is 5.69 Å². The molecule has 0 N–H and O–H groups in total. The molecule has 0 unspecified atom stereocenters. The van der Waals surface area contributed by atoms with Gasteiger partial charge in [-0.3, -0.25) is 4.79 Å². The molecule has 0 saturated carbocycles. The third kappa shape index (κ3) is 1.44. The molecular formula is C13H14ClNO. The lowest BCUT2D eigenvalue weighted by atomic mass is 9.96. The summed E-state index contributed by atoms with van der Waals surface area (Å²) in [6, 6.07) is 4.45. The molecule has 0 spiro atoms. The molecule has 1 amide bonds. The van der Waals surface area contributed by atoms with Crippen molar-refractivity contribution in [3.8, 4) is 0 Å². The van der Waals surface area contributed by atoms with E-state index < -0.39 is 0 Å². The second-order valence-corrected chi connectivity index (χ2v) is 4.87. The third-order valence-corrected chi connectivity index (χ3v) is 3.68. The van der Waals surface area contributed by atoms with Crippen LogP contribution in [0.5, 0.6) is 0 Å². The van der Waals surface area contributed by atoms with Gasteiger partial charge in [0.05, 0.1) is 5.69 Å².